The van der Waals surface area contributed by atoms with Gasteiger partial charge < -0.3 is 14.8 Å². The summed E-state index contributed by atoms with van der Waals surface area (Å²) in [4.78, 5) is 18.3. The van der Waals surface area contributed by atoms with Crippen molar-refractivity contribution in [2.75, 3.05) is 6.61 Å². The Bertz CT molecular complexity index is 358. The number of carbonyl (C=O) groups is 1. The third-order valence-corrected chi connectivity index (χ3v) is 2.38. The summed E-state index contributed by atoms with van der Waals surface area (Å²) in [7, 11) is 0. The highest BCUT2D eigenvalue weighted by atomic mass is 16.5. The SMILES string of the molecule is CCCC(C)(O)c1[nH]cnc1C(=O)OCC. The highest BCUT2D eigenvalue weighted by molar-refractivity contribution is 5.88. The van der Waals surface area contributed by atoms with Crippen molar-refractivity contribution in [1.82, 2.24) is 9.97 Å². The number of esters is 1. The van der Waals surface area contributed by atoms with Crippen LogP contribution in [0.2, 0.25) is 0 Å². The van der Waals surface area contributed by atoms with Crippen LogP contribution in [-0.2, 0) is 10.3 Å². The highest BCUT2D eigenvalue weighted by Gasteiger charge is 2.30. The van der Waals surface area contributed by atoms with Crippen molar-refractivity contribution < 1.29 is 14.6 Å². The maximum atomic E-state index is 11.6. The van der Waals surface area contributed by atoms with Crippen LogP contribution in [0.25, 0.3) is 0 Å². The molecule has 2 N–H and O–H groups in total. The molecule has 0 radical (unpaired) electrons. The molecule has 0 aliphatic heterocycles. The van der Waals surface area contributed by atoms with E-state index in [0.29, 0.717) is 18.7 Å². The zero-order valence-electron chi connectivity index (χ0n) is 9.91. The lowest BCUT2D eigenvalue weighted by molar-refractivity contribution is 0.0358. The Morgan fingerprint density at radius 2 is 2.31 bits per heavy atom. The first kappa shape index (κ1) is 12.7. The van der Waals surface area contributed by atoms with Crippen LogP contribution in [0.15, 0.2) is 6.33 Å². The molecule has 0 aromatic carbocycles. The molecule has 16 heavy (non-hydrogen) atoms. The van der Waals surface area contributed by atoms with Crippen LogP contribution in [0.1, 0.15) is 49.8 Å². The number of imidazole rings is 1. The first-order chi connectivity index (χ1) is 7.53. The van der Waals surface area contributed by atoms with E-state index in [2.05, 4.69) is 9.97 Å². The Balaban J connectivity index is 2.97. The summed E-state index contributed by atoms with van der Waals surface area (Å²) in [5.41, 5.74) is -0.485. The number of ether oxygens (including phenoxy) is 1. The molecule has 0 aliphatic rings. The fourth-order valence-electron chi connectivity index (χ4n) is 1.67. The molecule has 0 amide bonds. The van der Waals surface area contributed by atoms with Gasteiger partial charge in [0.1, 0.15) is 5.60 Å². The van der Waals surface area contributed by atoms with Crippen molar-refractivity contribution in [3.05, 3.63) is 17.7 Å². The molecule has 0 bridgehead atoms. The number of hydrogen-bond acceptors (Lipinski definition) is 4. The number of rotatable bonds is 5. The van der Waals surface area contributed by atoms with Gasteiger partial charge in [-0.15, -0.1) is 0 Å². The van der Waals surface area contributed by atoms with Crippen molar-refractivity contribution >= 4 is 5.97 Å². The molecule has 0 saturated heterocycles. The first-order valence-electron chi connectivity index (χ1n) is 5.46. The standard InChI is InChI=1S/C11H18N2O3/c1-4-6-11(3,15)9-8(12-7-13-9)10(14)16-5-2/h7,15H,4-6H2,1-3H3,(H,12,13). The summed E-state index contributed by atoms with van der Waals surface area (Å²) in [5.74, 6) is -0.505. The van der Waals surface area contributed by atoms with E-state index < -0.39 is 11.6 Å². The Morgan fingerprint density at radius 3 is 2.88 bits per heavy atom. The van der Waals surface area contributed by atoms with Gasteiger partial charge in [-0.1, -0.05) is 13.3 Å². The van der Waals surface area contributed by atoms with Crippen LogP contribution < -0.4 is 0 Å². The Labute approximate surface area is 94.8 Å². The molecule has 0 fully saturated rings. The fraction of sp³-hybridized carbons (Fsp3) is 0.636. The van der Waals surface area contributed by atoms with Crippen molar-refractivity contribution in [3.63, 3.8) is 0 Å². The quantitative estimate of drug-likeness (QED) is 0.748. The summed E-state index contributed by atoms with van der Waals surface area (Å²) in [5, 5.41) is 10.2. The van der Waals surface area contributed by atoms with Crippen LogP contribution in [-0.4, -0.2) is 27.7 Å². The van der Waals surface area contributed by atoms with Gasteiger partial charge in [0.05, 0.1) is 18.6 Å². The zero-order valence-corrected chi connectivity index (χ0v) is 9.91. The minimum Gasteiger partial charge on any atom is -0.461 e. The maximum Gasteiger partial charge on any atom is 0.358 e. The minimum atomic E-state index is -1.08. The molecule has 90 valence electrons. The molecule has 0 spiro atoms. The molecular formula is C11H18N2O3. The van der Waals surface area contributed by atoms with E-state index in [1.165, 1.54) is 6.33 Å². The predicted molar refractivity (Wildman–Crippen MR) is 59.0 cm³/mol. The smallest absolute Gasteiger partial charge is 0.358 e. The van der Waals surface area contributed by atoms with E-state index in [4.69, 9.17) is 4.74 Å². The average molecular weight is 226 g/mol. The predicted octanol–water partition coefficient (Wildman–Crippen LogP) is 1.59. The number of aromatic nitrogens is 2. The topological polar surface area (TPSA) is 75.2 Å². The van der Waals surface area contributed by atoms with Gasteiger partial charge in [0.25, 0.3) is 0 Å². The largest absolute Gasteiger partial charge is 0.461 e. The molecule has 0 saturated carbocycles. The van der Waals surface area contributed by atoms with E-state index in [-0.39, 0.29) is 5.69 Å². The second-order valence-electron chi connectivity index (χ2n) is 3.87. The summed E-state index contributed by atoms with van der Waals surface area (Å²) in [6, 6.07) is 0. The van der Waals surface area contributed by atoms with Gasteiger partial charge in [-0.3, -0.25) is 0 Å². The number of H-pyrrole nitrogens is 1. The minimum absolute atomic E-state index is 0.167. The first-order valence-corrected chi connectivity index (χ1v) is 5.46. The summed E-state index contributed by atoms with van der Waals surface area (Å²) in [6.07, 6.45) is 2.77. The average Bonchev–Trinajstić information content (AvgIpc) is 2.66. The summed E-state index contributed by atoms with van der Waals surface area (Å²) in [6.45, 7) is 5.65. The number of aromatic amines is 1. The molecule has 5 nitrogen and oxygen atoms in total. The van der Waals surface area contributed by atoms with E-state index >= 15 is 0 Å². The fourth-order valence-corrected chi connectivity index (χ4v) is 1.67. The van der Waals surface area contributed by atoms with Crippen LogP contribution in [0, 0.1) is 0 Å². The number of hydrogen-bond donors (Lipinski definition) is 2. The lowest BCUT2D eigenvalue weighted by atomic mass is 9.95. The van der Waals surface area contributed by atoms with Gasteiger partial charge >= 0.3 is 5.97 Å². The van der Waals surface area contributed by atoms with Crippen LogP contribution in [0.5, 0.6) is 0 Å². The molecule has 1 aromatic rings. The second-order valence-corrected chi connectivity index (χ2v) is 3.87. The monoisotopic (exact) mass is 226 g/mol. The molecule has 1 unspecified atom stereocenters. The van der Waals surface area contributed by atoms with Gasteiger partial charge in [0.15, 0.2) is 5.69 Å². The van der Waals surface area contributed by atoms with Crippen LogP contribution in [0.3, 0.4) is 0 Å². The second kappa shape index (κ2) is 5.12. The normalized spacial score (nSPS) is 14.5. The molecular weight excluding hydrogens is 208 g/mol. The van der Waals surface area contributed by atoms with E-state index in [1.54, 1.807) is 13.8 Å². The molecule has 1 atom stereocenters. The van der Waals surface area contributed by atoms with E-state index in [9.17, 15) is 9.90 Å². The maximum absolute atomic E-state index is 11.6. The van der Waals surface area contributed by atoms with Gasteiger partial charge in [0.2, 0.25) is 0 Å². The van der Waals surface area contributed by atoms with Crippen LogP contribution >= 0.6 is 0 Å². The highest BCUT2D eigenvalue weighted by Crippen LogP contribution is 2.26. The molecule has 0 aliphatic carbocycles. The Morgan fingerprint density at radius 1 is 1.62 bits per heavy atom. The molecule has 1 heterocycles. The zero-order chi connectivity index (χ0) is 12.2. The Hall–Kier alpha value is -1.36. The van der Waals surface area contributed by atoms with E-state index in [0.717, 1.165) is 6.42 Å². The van der Waals surface area contributed by atoms with Gasteiger partial charge in [-0.2, -0.15) is 0 Å². The van der Waals surface area contributed by atoms with Gasteiger partial charge in [0, 0.05) is 0 Å². The van der Waals surface area contributed by atoms with E-state index in [1.807, 2.05) is 6.92 Å². The summed E-state index contributed by atoms with van der Waals surface area (Å²) < 4.78 is 4.87. The molecule has 1 rings (SSSR count). The number of carbonyl (C=O) groups excluding carboxylic acids is 1. The number of nitrogens with zero attached hydrogens (tertiary/aromatic N) is 1. The van der Waals surface area contributed by atoms with Gasteiger partial charge in [-0.25, -0.2) is 9.78 Å². The van der Waals surface area contributed by atoms with Crippen molar-refractivity contribution in [2.24, 2.45) is 0 Å². The third-order valence-electron chi connectivity index (χ3n) is 2.38. The van der Waals surface area contributed by atoms with Crippen molar-refractivity contribution in [1.29, 1.82) is 0 Å². The van der Waals surface area contributed by atoms with Crippen LogP contribution in [0.4, 0.5) is 0 Å². The lowest BCUT2D eigenvalue weighted by Gasteiger charge is -2.21. The van der Waals surface area contributed by atoms with Crippen molar-refractivity contribution in [2.45, 2.75) is 39.2 Å². The molecule has 1 aromatic heterocycles. The summed E-state index contributed by atoms with van der Waals surface area (Å²) >= 11 is 0. The van der Waals surface area contributed by atoms with Gasteiger partial charge in [-0.05, 0) is 20.3 Å². The van der Waals surface area contributed by atoms with Crippen molar-refractivity contribution in [3.8, 4) is 0 Å². The Kier molecular flexibility index (Phi) is 4.06. The number of aliphatic hydroxyl groups is 1. The molecule has 5 heteroatoms. The number of nitrogens with one attached hydrogen (secondary N) is 1. The third kappa shape index (κ3) is 2.61. The lowest BCUT2D eigenvalue weighted by Crippen LogP contribution is -2.25.